The van der Waals surface area contributed by atoms with Crippen molar-refractivity contribution in [2.24, 2.45) is 0 Å². The molecule has 9 heteroatoms. The predicted molar refractivity (Wildman–Crippen MR) is 161 cm³/mol. The molecule has 1 amide bonds. The molecule has 0 saturated carbocycles. The van der Waals surface area contributed by atoms with Gasteiger partial charge >= 0.3 is 0 Å². The number of nitrogens with one attached hydrogen (secondary N) is 1. The number of carbonyl (C=O) groups is 1. The van der Waals surface area contributed by atoms with E-state index in [2.05, 4.69) is 20.4 Å². The number of hydrogen-bond acceptors (Lipinski definition) is 6. The van der Waals surface area contributed by atoms with Gasteiger partial charge in [0.05, 0.1) is 5.52 Å². The van der Waals surface area contributed by atoms with Crippen LogP contribution in [0, 0.1) is 13.8 Å². The summed E-state index contributed by atoms with van der Waals surface area (Å²) in [6.45, 7) is 5.68. The van der Waals surface area contributed by atoms with Crippen molar-refractivity contribution in [3.63, 3.8) is 0 Å². The van der Waals surface area contributed by atoms with Crippen molar-refractivity contribution >= 4 is 34.1 Å². The second kappa shape index (κ2) is 11.2. The average molecular weight is 568 g/mol. The topological polar surface area (TPSA) is 93.3 Å². The van der Waals surface area contributed by atoms with Gasteiger partial charge in [-0.2, -0.15) is 4.98 Å². The largest absolute Gasteiger partial charge is 0.371 e. The fourth-order valence-electron chi connectivity index (χ4n) is 5.41. The fraction of sp³-hybridized carbons (Fsp3) is 0.250. The zero-order chi connectivity index (χ0) is 28.5. The highest BCUT2D eigenvalue weighted by Gasteiger charge is 2.23. The fourth-order valence-corrected chi connectivity index (χ4v) is 5.54. The highest BCUT2D eigenvalue weighted by molar-refractivity contribution is 6.30. The molecule has 0 atom stereocenters. The van der Waals surface area contributed by atoms with E-state index in [0.717, 1.165) is 53.3 Å². The number of amides is 1. The first-order chi connectivity index (χ1) is 19.9. The Morgan fingerprint density at radius 2 is 1.78 bits per heavy atom. The zero-order valence-electron chi connectivity index (χ0n) is 22.9. The van der Waals surface area contributed by atoms with Crippen LogP contribution in [0.5, 0.6) is 0 Å². The molecule has 1 saturated heterocycles. The van der Waals surface area contributed by atoms with E-state index in [1.165, 1.54) is 0 Å². The van der Waals surface area contributed by atoms with Crippen molar-refractivity contribution < 1.29 is 9.32 Å². The van der Waals surface area contributed by atoms with Gasteiger partial charge in [0, 0.05) is 47.0 Å². The van der Waals surface area contributed by atoms with Crippen LogP contribution >= 0.6 is 11.6 Å². The molecule has 3 heterocycles. The molecule has 0 aliphatic carbocycles. The van der Waals surface area contributed by atoms with Crippen LogP contribution in [0.3, 0.4) is 0 Å². The van der Waals surface area contributed by atoms with Crippen LogP contribution in [0.2, 0.25) is 5.02 Å². The summed E-state index contributed by atoms with van der Waals surface area (Å²) in [6.07, 6.45) is 3.34. The Hall–Kier alpha value is -4.43. The minimum absolute atomic E-state index is 0.0589. The van der Waals surface area contributed by atoms with E-state index in [-0.39, 0.29) is 35.4 Å². The van der Waals surface area contributed by atoms with Crippen molar-refractivity contribution in [2.75, 3.05) is 18.0 Å². The van der Waals surface area contributed by atoms with Crippen LogP contribution in [-0.4, -0.2) is 39.7 Å². The number of aryl methyl sites for hydroxylation is 2. The molecular weight excluding hydrogens is 538 g/mol. The highest BCUT2D eigenvalue weighted by Crippen LogP contribution is 2.25. The number of pyridine rings is 1. The summed E-state index contributed by atoms with van der Waals surface area (Å²) in [5.74, 6) is 0.425. The predicted octanol–water partition coefficient (Wildman–Crippen LogP) is 5.77. The summed E-state index contributed by atoms with van der Waals surface area (Å²) in [4.78, 5) is 33.6. The average Bonchev–Trinajstić information content (AvgIpc) is 3.45. The van der Waals surface area contributed by atoms with E-state index in [1.54, 1.807) is 16.8 Å². The molecule has 1 N–H and O–H groups in total. The molecule has 3 aromatic carbocycles. The lowest BCUT2D eigenvalue weighted by atomic mass is 10.0. The van der Waals surface area contributed by atoms with E-state index in [0.29, 0.717) is 16.7 Å². The van der Waals surface area contributed by atoms with Gasteiger partial charge in [-0.05, 0) is 74.2 Å². The molecule has 5 aromatic rings. The number of fused-ring (bicyclic) bond motifs is 1. The molecule has 0 bridgehead atoms. The number of halogens is 1. The zero-order valence-corrected chi connectivity index (χ0v) is 23.7. The lowest BCUT2D eigenvalue weighted by Gasteiger charge is -2.34. The highest BCUT2D eigenvalue weighted by atomic mass is 35.5. The minimum Gasteiger partial charge on any atom is -0.371 e. The van der Waals surface area contributed by atoms with E-state index >= 15 is 0 Å². The van der Waals surface area contributed by atoms with E-state index in [9.17, 15) is 9.59 Å². The van der Waals surface area contributed by atoms with Gasteiger partial charge in [-0.25, -0.2) is 0 Å². The van der Waals surface area contributed by atoms with Gasteiger partial charge in [-0.3, -0.25) is 9.59 Å². The third-order valence-electron chi connectivity index (χ3n) is 7.65. The Morgan fingerprint density at radius 3 is 2.54 bits per heavy atom. The van der Waals surface area contributed by atoms with Crippen LogP contribution < -0.4 is 15.6 Å². The lowest BCUT2D eigenvalue weighted by Crippen LogP contribution is -2.45. The van der Waals surface area contributed by atoms with Gasteiger partial charge in [0.2, 0.25) is 17.2 Å². The van der Waals surface area contributed by atoms with Crippen molar-refractivity contribution in [1.29, 1.82) is 0 Å². The van der Waals surface area contributed by atoms with Crippen LogP contribution in [0.15, 0.2) is 82.2 Å². The summed E-state index contributed by atoms with van der Waals surface area (Å²) in [7, 11) is 0. The second-order valence-electron chi connectivity index (χ2n) is 10.6. The first kappa shape index (κ1) is 26.8. The monoisotopic (exact) mass is 567 g/mol. The number of rotatable bonds is 6. The van der Waals surface area contributed by atoms with Crippen LogP contribution in [0.4, 0.5) is 5.69 Å². The molecule has 1 aliphatic heterocycles. The summed E-state index contributed by atoms with van der Waals surface area (Å²) < 4.78 is 7.36. The number of nitrogens with zero attached hydrogens (tertiary/aromatic N) is 4. The Labute approximate surface area is 242 Å². The van der Waals surface area contributed by atoms with Gasteiger partial charge in [0.25, 0.3) is 5.89 Å². The molecule has 8 nitrogen and oxygen atoms in total. The molecule has 2 aromatic heterocycles. The SMILES string of the molecule is Cc1ccc2c(=O)c(-c3nc(-c4ccccc4C)no3)cn(CC(=O)NC3CCN(c4ccc(Cl)cc4)CC3)c2c1. The normalized spacial score (nSPS) is 14.0. The summed E-state index contributed by atoms with van der Waals surface area (Å²) in [5, 5.41) is 8.54. The number of carbonyl (C=O) groups excluding carboxylic acids is 1. The quantitative estimate of drug-likeness (QED) is 0.280. The van der Waals surface area contributed by atoms with E-state index in [4.69, 9.17) is 16.1 Å². The Kier molecular flexibility index (Phi) is 7.32. The molecule has 1 fully saturated rings. The second-order valence-corrected chi connectivity index (χ2v) is 11.0. The molecule has 6 rings (SSSR count). The third-order valence-corrected chi connectivity index (χ3v) is 7.90. The number of hydrogen-bond donors (Lipinski definition) is 1. The number of aromatic nitrogens is 3. The Morgan fingerprint density at radius 1 is 1.02 bits per heavy atom. The molecule has 0 radical (unpaired) electrons. The van der Waals surface area contributed by atoms with Crippen LogP contribution in [-0.2, 0) is 11.3 Å². The molecule has 41 heavy (non-hydrogen) atoms. The Balaban J connectivity index is 1.23. The molecule has 0 spiro atoms. The standard InChI is InChI=1S/C32H30ClN5O3/c1-20-7-12-26-28(17-20)38(18-27(30(26)40)32-35-31(36-41-32)25-6-4-3-5-21(25)2)19-29(39)34-23-13-15-37(16-14-23)24-10-8-22(33)9-11-24/h3-12,17-18,23H,13-16,19H2,1-2H3,(H,34,39). The molecule has 208 valence electrons. The Bertz CT molecular complexity index is 1790. The lowest BCUT2D eigenvalue weighted by molar-refractivity contribution is -0.122. The van der Waals surface area contributed by atoms with Gasteiger partial charge in [-0.15, -0.1) is 0 Å². The number of anilines is 1. The minimum atomic E-state index is -0.216. The van der Waals surface area contributed by atoms with Crippen LogP contribution in [0.25, 0.3) is 33.7 Å². The van der Waals surface area contributed by atoms with E-state index < -0.39 is 0 Å². The van der Waals surface area contributed by atoms with Crippen molar-refractivity contribution in [2.45, 2.75) is 39.3 Å². The van der Waals surface area contributed by atoms with Gasteiger partial charge in [0.15, 0.2) is 0 Å². The maximum Gasteiger partial charge on any atom is 0.263 e. The smallest absolute Gasteiger partial charge is 0.263 e. The third kappa shape index (κ3) is 5.60. The van der Waals surface area contributed by atoms with Crippen molar-refractivity contribution in [3.8, 4) is 22.8 Å². The maximum absolute atomic E-state index is 13.5. The van der Waals surface area contributed by atoms with Gasteiger partial charge in [0.1, 0.15) is 12.1 Å². The van der Waals surface area contributed by atoms with Gasteiger partial charge in [-0.1, -0.05) is 47.1 Å². The number of benzene rings is 3. The first-order valence-corrected chi connectivity index (χ1v) is 14.1. The van der Waals surface area contributed by atoms with Crippen molar-refractivity contribution in [1.82, 2.24) is 20.0 Å². The molecule has 0 unspecified atom stereocenters. The summed E-state index contributed by atoms with van der Waals surface area (Å²) in [6, 6.07) is 21.2. The van der Waals surface area contributed by atoms with Crippen LogP contribution in [0.1, 0.15) is 24.0 Å². The molecular formula is C32H30ClN5O3. The molecule has 1 aliphatic rings. The van der Waals surface area contributed by atoms with Crippen molar-refractivity contribution in [3.05, 3.63) is 99.3 Å². The van der Waals surface area contributed by atoms with Gasteiger partial charge < -0.3 is 19.3 Å². The first-order valence-electron chi connectivity index (χ1n) is 13.7. The maximum atomic E-state index is 13.5. The summed E-state index contributed by atoms with van der Waals surface area (Å²) >= 11 is 6.03. The number of piperidine rings is 1. The summed E-state index contributed by atoms with van der Waals surface area (Å²) in [5.41, 5.74) is 4.69. The van der Waals surface area contributed by atoms with E-state index in [1.807, 2.05) is 74.5 Å².